The van der Waals surface area contributed by atoms with Crippen LogP contribution in [0.15, 0.2) is 24.3 Å². The van der Waals surface area contributed by atoms with Crippen LogP contribution < -0.4 is 10.6 Å². The Bertz CT molecular complexity index is 478. The van der Waals surface area contributed by atoms with Crippen molar-refractivity contribution in [2.24, 2.45) is 0 Å². The first-order valence-electron chi connectivity index (χ1n) is 6.57. The van der Waals surface area contributed by atoms with Crippen LogP contribution in [0.5, 0.6) is 0 Å². The smallest absolute Gasteiger partial charge is 0.394 e. The minimum Gasteiger partial charge on any atom is -0.394 e. The number of benzene rings is 1. The highest BCUT2D eigenvalue weighted by Gasteiger charge is 2.33. The second-order valence-corrected chi connectivity index (χ2v) is 4.96. The Hall–Kier alpha value is -1.76. The van der Waals surface area contributed by atoms with Gasteiger partial charge in [-0.15, -0.1) is 0 Å². The molecule has 1 aromatic carbocycles. The topological polar surface area (TPSA) is 61.4 Å². The minimum absolute atomic E-state index is 0.0661. The van der Waals surface area contributed by atoms with Gasteiger partial charge >= 0.3 is 12.2 Å². The van der Waals surface area contributed by atoms with E-state index in [4.69, 9.17) is 5.11 Å². The molecule has 1 rings (SSSR count). The molecule has 0 spiro atoms. The molecule has 1 aromatic rings. The lowest BCUT2D eigenvalue weighted by atomic mass is 10.0. The molecule has 0 unspecified atom stereocenters. The van der Waals surface area contributed by atoms with Crippen LogP contribution in [0, 0.1) is 0 Å². The lowest BCUT2D eigenvalue weighted by molar-refractivity contribution is -0.138. The number of hydrogen-bond acceptors (Lipinski definition) is 2. The monoisotopic (exact) mass is 304 g/mol. The highest BCUT2D eigenvalue weighted by molar-refractivity contribution is 5.74. The van der Waals surface area contributed by atoms with Crippen molar-refractivity contribution in [2.75, 3.05) is 6.61 Å². The Morgan fingerprint density at radius 2 is 1.76 bits per heavy atom. The highest BCUT2D eigenvalue weighted by atomic mass is 19.4. The van der Waals surface area contributed by atoms with Gasteiger partial charge in [0, 0.05) is 6.04 Å². The molecule has 21 heavy (non-hydrogen) atoms. The summed E-state index contributed by atoms with van der Waals surface area (Å²) in [7, 11) is 0. The molecule has 118 valence electrons. The molecule has 0 saturated carbocycles. The average Bonchev–Trinajstić information content (AvgIpc) is 2.37. The van der Waals surface area contributed by atoms with E-state index >= 15 is 0 Å². The maximum Gasteiger partial charge on any atom is 0.416 e. The summed E-state index contributed by atoms with van der Waals surface area (Å²) in [6, 6.07) is 3.88. The number of hydrogen-bond donors (Lipinski definition) is 3. The Kier molecular flexibility index (Phi) is 6.02. The molecule has 0 aliphatic rings. The molecule has 0 radical (unpaired) electrons. The van der Waals surface area contributed by atoms with E-state index in [2.05, 4.69) is 10.6 Å². The summed E-state index contributed by atoms with van der Waals surface area (Å²) in [6.07, 6.45) is -4.35. The van der Waals surface area contributed by atoms with Crippen LogP contribution >= 0.6 is 0 Å². The van der Waals surface area contributed by atoms with E-state index in [0.29, 0.717) is 0 Å². The van der Waals surface area contributed by atoms with E-state index in [-0.39, 0.29) is 18.6 Å². The molecule has 2 atom stereocenters. The molecule has 0 saturated heterocycles. The molecular weight excluding hydrogens is 285 g/mol. The average molecular weight is 304 g/mol. The number of nitrogens with one attached hydrogen (secondary N) is 2. The number of carbonyl (C=O) groups is 1. The van der Waals surface area contributed by atoms with Gasteiger partial charge in [0.05, 0.1) is 18.2 Å². The summed E-state index contributed by atoms with van der Waals surface area (Å²) in [5.41, 5.74) is -0.559. The van der Waals surface area contributed by atoms with Gasteiger partial charge in [-0.2, -0.15) is 13.2 Å². The molecule has 0 aliphatic carbocycles. The van der Waals surface area contributed by atoms with E-state index in [9.17, 15) is 18.0 Å². The molecule has 0 bridgehead atoms. The van der Waals surface area contributed by atoms with Crippen LogP contribution in [0.4, 0.5) is 18.0 Å². The number of urea groups is 1. The number of aliphatic hydroxyl groups is 1. The Morgan fingerprint density at radius 1 is 1.19 bits per heavy atom. The third-order valence-electron chi connectivity index (χ3n) is 2.88. The van der Waals surface area contributed by atoms with Crippen LogP contribution in [0.2, 0.25) is 0 Å². The van der Waals surface area contributed by atoms with E-state index in [1.165, 1.54) is 18.2 Å². The standard InChI is InChI=1S/C14H19F3N2O2/c1-9(18-13(21)19-10(2)8-20)7-11-5-3-4-6-12(11)14(15,16)17/h3-6,9-10,20H,7-8H2,1-2H3,(H2,18,19,21)/t9-,10+/m1/s1. The first-order valence-corrected chi connectivity index (χ1v) is 6.57. The molecule has 2 amide bonds. The van der Waals surface area contributed by atoms with E-state index in [1.807, 2.05) is 0 Å². The van der Waals surface area contributed by atoms with Gasteiger partial charge in [0.1, 0.15) is 0 Å². The van der Waals surface area contributed by atoms with Crippen molar-refractivity contribution in [1.82, 2.24) is 10.6 Å². The summed E-state index contributed by atoms with van der Waals surface area (Å²) in [4.78, 5) is 11.5. The lowest BCUT2D eigenvalue weighted by Gasteiger charge is -2.19. The van der Waals surface area contributed by atoms with Gasteiger partial charge < -0.3 is 15.7 Å². The molecule has 4 nitrogen and oxygen atoms in total. The fourth-order valence-corrected chi connectivity index (χ4v) is 1.89. The van der Waals surface area contributed by atoms with Gasteiger partial charge in [-0.05, 0) is 31.9 Å². The van der Waals surface area contributed by atoms with Crippen molar-refractivity contribution >= 4 is 6.03 Å². The van der Waals surface area contributed by atoms with Crippen molar-refractivity contribution in [1.29, 1.82) is 0 Å². The summed E-state index contributed by atoms with van der Waals surface area (Å²) in [5, 5.41) is 13.8. The highest BCUT2D eigenvalue weighted by Crippen LogP contribution is 2.32. The molecule has 7 heteroatoms. The first-order chi connectivity index (χ1) is 9.74. The quantitative estimate of drug-likeness (QED) is 0.782. The van der Waals surface area contributed by atoms with Crippen LogP contribution in [0.3, 0.4) is 0 Å². The van der Waals surface area contributed by atoms with Gasteiger partial charge in [0.2, 0.25) is 0 Å². The van der Waals surface area contributed by atoms with Gasteiger partial charge in [0.25, 0.3) is 0 Å². The predicted molar refractivity (Wildman–Crippen MR) is 72.8 cm³/mol. The minimum atomic E-state index is -4.41. The molecule has 0 aromatic heterocycles. The number of rotatable bonds is 5. The summed E-state index contributed by atoms with van der Waals surface area (Å²) in [5.74, 6) is 0. The summed E-state index contributed by atoms with van der Waals surface area (Å²) in [6.45, 7) is 3.03. The van der Waals surface area contributed by atoms with Gasteiger partial charge in [-0.3, -0.25) is 0 Å². The maximum atomic E-state index is 12.9. The van der Waals surface area contributed by atoms with Crippen molar-refractivity contribution in [3.63, 3.8) is 0 Å². The normalized spacial score (nSPS) is 14.4. The van der Waals surface area contributed by atoms with Crippen LogP contribution in [-0.2, 0) is 12.6 Å². The second kappa shape index (κ2) is 7.31. The largest absolute Gasteiger partial charge is 0.416 e. The maximum absolute atomic E-state index is 12.9. The van der Waals surface area contributed by atoms with E-state index in [0.717, 1.165) is 6.07 Å². The van der Waals surface area contributed by atoms with Crippen LogP contribution in [-0.4, -0.2) is 29.8 Å². The number of amides is 2. The van der Waals surface area contributed by atoms with Crippen molar-refractivity contribution in [3.8, 4) is 0 Å². The molecule has 3 N–H and O–H groups in total. The zero-order valence-corrected chi connectivity index (χ0v) is 11.9. The molecule has 0 aliphatic heterocycles. The summed E-state index contributed by atoms with van der Waals surface area (Å²) >= 11 is 0. The third-order valence-corrected chi connectivity index (χ3v) is 2.88. The van der Waals surface area contributed by atoms with Gasteiger partial charge in [-0.1, -0.05) is 18.2 Å². The van der Waals surface area contributed by atoms with Crippen LogP contribution in [0.1, 0.15) is 25.0 Å². The number of aliphatic hydroxyl groups excluding tert-OH is 1. The predicted octanol–water partition coefficient (Wildman–Crippen LogP) is 2.32. The van der Waals surface area contributed by atoms with Crippen molar-refractivity contribution in [2.45, 2.75) is 38.5 Å². The Labute approximate surface area is 121 Å². The molecule has 0 heterocycles. The molecular formula is C14H19F3N2O2. The SMILES string of the molecule is C[C@H](Cc1ccccc1C(F)(F)F)NC(=O)N[C@@H](C)CO. The van der Waals surface area contributed by atoms with Crippen LogP contribution in [0.25, 0.3) is 0 Å². The lowest BCUT2D eigenvalue weighted by Crippen LogP contribution is -2.46. The number of halogens is 3. The van der Waals surface area contributed by atoms with Gasteiger partial charge in [0.15, 0.2) is 0 Å². The number of carbonyl (C=O) groups excluding carboxylic acids is 1. The fourth-order valence-electron chi connectivity index (χ4n) is 1.89. The van der Waals surface area contributed by atoms with E-state index in [1.54, 1.807) is 13.8 Å². The zero-order chi connectivity index (χ0) is 16.0. The van der Waals surface area contributed by atoms with Crippen molar-refractivity contribution in [3.05, 3.63) is 35.4 Å². The fraction of sp³-hybridized carbons (Fsp3) is 0.500. The van der Waals surface area contributed by atoms with E-state index < -0.39 is 29.9 Å². The Balaban J connectivity index is 2.67. The molecule has 0 fully saturated rings. The zero-order valence-electron chi connectivity index (χ0n) is 11.9. The second-order valence-electron chi connectivity index (χ2n) is 4.96. The number of alkyl halides is 3. The van der Waals surface area contributed by atoms with Crippen molar-refractivity contribution < 1.29 is 23.1 Å². The third kappa shape index (κ3) is 5.63. The summed E-state index contributed by atoms with van der Waals surface area (Å²) < 4.78 is 38.6. The Morgan fingerprint density at radius 3 is 2.33 bits per heavy atom. The first kappa shape index (κ1) is 17.3. The van der Waals surface area contributed by atoms with Gasteiger partial charge in [-0.25, -0.2) is 4.79 Å².